The van der Waals surface area contributed by atoms with E-state index in [-0.39, 0.29) is 13.2 Å². The van der Waals surface area contributed by atoms with Crippen molar-refractivity contribution in [2.45, 2.75) is 37.8 Å². The summed E-state index contributed by atoms with van der Waals surface area (Å²) in [4.78, 5) is 0. The lowest BCUT2D eigenvalue weighted by Crippen LogP contribution is -2.53. The molecule has 1 fully saturated rings. The summed E-state index contributed by atoms with van der Waals surface area (Å²) in [6, 6.07) is 0. The van der Waals surface area contributed by atoms with Crippen LogP contribution in [-0.2, 0) is 4.74 Å². The van der Waals surface area contributed by atoms with Crippen LogP contribution >= 0.6 is 0 Å². The van der Waals surface area contributed by atoms with Crippen LogP contribution in [0.25, 0.3) is 0 Å². The van der Waals surface area contributed by atoms with Gasteiger partial charge >= 0.3 is 0 Å². The Hall–Kier alpha value is -0.240. The summed E-state index contributed by atoms with van der Waals surface area (Å²) in [5.41, 5.74) is 0. The molecule has 1 heterocycles. The first kappa shape index (κ1) is 14.8. The van der Waals surface area contributed by atoms with E-state index in [0.29, 0.717) is 6.61 Å². The Bertz CT molecular complexity index is 150. The molecule has 0 radical (unpaired) electrons. The van der Waals surface area contributed by atoms with Crippen LogP contribution in [0, 0.1) is 0 Å². The Kier molecular flexibility index (Phi) is 7.85. The number of aliphatic hydroxyl groups excluding tert-OH is 5. The minimum atomic E-state index is -1.22. The number of ether oxygens (including phenoxy) is 1. The van der Waals surface area contributed by atoms with E-state index in [1.165, 1.54) is 0 Å². The zero-order valence-electron chi connectivity index (χ0n) is 8.78. The number of rotatable bonds is 2. The lowest BCUT2D eigenvalue weighted by atomic mass is 10.0. The second kappa shape index (κ2) is 7.98. The summed E-state index contributed by atoms with van der Waals surface area (Å²) in [7, 11) is 0. The minimum absolute atomic E-state index is 0.0521. The standard InChI is InChI=1S/C6H12O5.C3H8O/c7-1-4-6(10)5(9)3(8)2-11-4;1-2-3-4/h3-10H,1-2H2;4H,2-3H2,1H3. The highest BCUT2D eigenvalue weighted by Gasteiger charge is 2.36. The van der Waals surface area contributed by atoms with Gasteiger partial charge in [-0.1, -0.05) is 6.92 Å². The molecule has 0 bridgehead atoms. The Balaban J connectivity index is 0.000000423. The fourth-order valence-corrected chi connectivity index (χ4v) is 1.03. The molecule has 6 nitrogen and oxygen atoms in total. The molecule has 1 rings (SSSR count). The molecule has 92 valence electrons. The van der Waals surface area contributed by atoms with Gasteiger partial charge in [-0.3, -0.25) is 0 Å². The molecule has 15 heavy (non-hydrogen) atoms. The molecule has 4 unspecified atom stereocenters. The third-order valence-electron chi connectivity index (χ3n) is 2.01. The summed E-state index contributed by atoms with van der Waals surface area (Å²) in [6.07, 6.45) is -3.40. The van der Waals surface area contributed by atoms with Crippen LogP contribution in [0.2, 0.25) is 0 Å². The topological polar surface area (TPSA) is 110 Å². The molecule has 0 saturated carbocycles. The van der Waals surface area contributed by atoms with Gasteiger partial charge in [-0.25, -0.2) is 0 Å². The van der Waals surface area contributed by atoms with Gasteiger partial charge in [0, 0.05) is 6.61 Å². The molecule has 6 heteroatoms. The quantitative estimate of drug-likeness (QED) is 0.366. The smallest absolute Gasteiger partial charge is 0.111 e. The van der Waals surface area contributed by atoms with E-state index in [2.05, 4.69) is 0 Å². The first-order valence-corrected chi connectivity index (χ1v) is 4.96. The zero-order valence-corrected chi connectivity index (χ0v) is 8.78. The van der Waals surface area contributed by atoms with Crippen molar-refractivity contribution < 1.29 is 30.3 Å². The maximum absolute atomic E-state index is 9.11. The fourth-order valence-electron chi connectivity index (χ4n) is 1.03. The highest BCUT2D eigenvalue weighted by Crippen LogP contribution is 2.14. The average molecular weight is 224 g/mol. The van der Waals surface area contributed by atoms with Gasteiger partial charge in [0.2, 0.25) is 0 Å². The molecule has 1 saturated heterocycles. The van der Waals surface area contributed by atoms with E-state index in [1.807, 2.05) is 6.92 Å². The summed E-state index contributed by atoms with van der Waals surface area (Å²) < 4.78 is 4.81. The van der Waals surface area contributed by atoms with Gasteiger partial charge in [0.15, 0.2) is 0 Å². The highest BCUT2D eigenvalue weighted by atomic mass is 16.5. The lowest BCUT2D eigenvalue weighted by molar-refractivity contribution is -0.195. The molecule has 0 aromatic heterocycles. The van der Waals surface area contributed by atoms with Crippen molar-refractivity contribution in [1.29, 1.82) is 0 Å². The predicted octanol–water partition coefficient (Wildman–Crippen LogP) is -2.15. The van der Waals surface area contributed by atoms with E-state index >= 15 is 0 Å². The van der Waals surface area contributed by atoms with Crippen molar-refractivity contribution in [3.8, 4) is 0 Å². The van der Waals surface area contributed by atoms with E-state index in [9.17, 15) is 0 Å². The molecule has 0 amide bonds. The summed E-state index contributed by atoms with van der Waals surface area (Å²) in [6.45, 7) is 1.84. The molecule has 0 aliphatic carbocycles. The Morgan fingerprint density at radius 2 is 1.67 bits per heavy atom. The van der Waals surface area contributed by atoms with E-state index < -0.39 is 24.4 Å². The van der Waals surface area contributed by atoms with Gasteiger partial charge in [0.1, 0.15) is 24.4 Å². The highest BCUT2D eigenvalue weighted by molar-refractivity contribution is 4.85. The molecule has 1 aliphatic rings. The molecule has 0 aromatic rings. The third-order valence-corrected chi connectivity index (χ3v) is 2.01. The van der Waals surface area contributed by atoms with Crippen LogP contribution in [0.3, 0.4) is 0 Å². The Labute approximate surface area is 88.7 Å². The molecule has 4 atom stereocenters. The second-order valence-electron chi connectivity index (χ2n) is 3.33. The van der Waals surface area contributed by atoms with Crippen LogP contribution in [0.1, 0.15) is 13.3 Å². The normalized spacial score (nSPS) is 35.6. The van der Waals surface area contributed by atoms with Crippen LogP contribution < -0.4 is 0 Å². The Morgan fingerprint density at radius 1 is 1.13 bits per heavy atom. The molecule has 0 spiro atoms. The maximum Gasteiger partial charge on any atom is 0.111 e. The number of hydrogen-bond acceptors (Lipinski definition) is 6. The average Bonchev–Trinajstić information content (AvgIpc) is 2.27. The summed E-state index contributed by atoms with van der Waals surface area (Å²) >= 11 is 0. The molecule has 5 N–H and O–H groups in total. The van der Waals surface area contributed by atoms with Crippen molar-refractivity contribution in [1.82, 2.24) is 0 Å². The van der Waals surface area contributed by atoms with Gasteiger partial charge in [0.05, 0.1) is 13.2 Å². The lowest BCUT2D eigenvalue weighted by Gasteiger charge is -2.34. The maximum atomic E-state index is 9.11. The number of hydrogen-bond donors (Lipinski definition) is 5. The molecule has 1 aliphatic heterocycles. The monoisotopic (exact) mass is 224 g/mol. The number of aliphatic hydroxyl groups is 5. The van der Waals surface area contributed by atoms with Gasteiger partial charge < -0.3 is 30.3 Å². The summed E-state index contributed by atoms with van der Waals surface area (Å²) in [5, 5.41) is 43.6. The Morgan fingerprint density at radius 3 is 2.07 bits per heavy atom. The van der Waals surface area contributed by atoms with Gasteiger partial charge in [-0.05, 0) is 6.42 Å². The second-order valence-corrected chi connectivity index (χ2v) is 3.33. The first-order chi connectivity index (χ1) is 7.08. The predicted molar refractivity (Wildman–Crippen MR) is 52.2 cm³/mol. The largest absolute Gasteiger partial charge is 0.396 e. The van der Waals surface area contributed by atoms with Crippen LogP contribution in [0.4, 0.5) is 0 Å². The van der Waals surface area contributed by atoms with Gasteiger partial charge in [-0.15, -0.1) is 0 Å². The van der Waals surface area contributed by atoms with Gasteiger partial charge in [0.25, 0.3) is 0 Å². The van der Waals surface area contributed by atoms with E-state index in [0.717, 1.165) is 6.42 Å². The molecular weight excluding hydrogens is 204 g/mol. The first-order valence-electron chi connectivity index (χ1n) is 4.96. The zero-order chi connectivity index (χ0) is 11.8. The summed E-state index contributed by atoms with van der Waals surface area (Å²) in [5.74, 6) is 0. The van der Waals surface area contributed by atoms with Crippen molar-refractivity contribution in [2.75, 3.05) is 19.8 Å². The van der Waals surface area contributed by atoms with Crippen molar-refractivity contribution >= 4 is 0 Å². The van der Waals surface area contributed by atoms with Gasteiger partial charge in [-0.2, -0.15) is 0 Å². The van der Waals surface area contributed by atoms with Crippen LogP contribution in [0.15, 0.2) is 0 Å². The minimum Gasteiger partial charge on any atom is -0.396 e. The SMILES string of the molecule is CCCO.OCC1OCC(O)C(O)C1O. The van der Waals surface area contributed by atoms with E-state index in [4.69, 9.17) is 30.3 Å². The van der Waals surface area contributed by atoms with Crippen molar-refractivity contribution in [2.24, 2.45) is 0 Å². The van der Waals surface area contributed by atoms with Crippen molar-refractivity contribution in [3.05, 3.63) is 0 Å². The molecule has 0 aromatic carbocycles. The third kappa shape index (κ3) is 4.87. The molecular formula is C9H20O6. The van der Waals surface area contributed by atoms with Crippen molar-refractivity contribution in [3.63, 3.8) is 0 Å². The fraction of sp³-hybridized carbons (Fsp3) is 1.00. The van der Waals surface area contributed by atoms with Crippen LogP contribution in [-0.4, -0.2) is 69.8 Å². The van der Waals surface area contributed by atoms with Crippen LogP contribution in [0.5, 0.6) is 0 Å². The van der Waals surface area contributed by atoms with E-state index in [1.54, 1.807) is 0 Å².